The number of likely N-dealkylation sites (N-methyl/N-ethyl adjacent to an activating group) is 1. The van der Waals surface area contributed by atoms with Crippen LogP contribution in [-0.2, 0) is 6.54 Å². The summed E-state index contributed by atoms with van der Waals surface area (Å²) in [5.74, 6) is 0. The minimum Gasteiger partial charge on any atom is -0.308 e. The van der Waals surface area contributed by atoms with E-state index in [2.05, 4.69) is 43.0 Å². The Balaban J connectivity index is 2.28. The zero-order valence-electron chi connectivity index (χ0n) is 10.1. The number of aryl methyl sites for hydroxylation is 1. The molecule has 0 amide bonds. The minimum absolute atomic E-state index is 0.524. The molecule has 0 aromatic carbocycles. The summed E-state index contributed by atoms with van der Waals surface area (Å²) in [6.45, 7) is 9.61. The zero-order valence-corrected chi connectivity index (χ0v) is 10.9. The molecule has 3 nitrogen and oxygen atoms in total. The van der Waals surface area contributed by atoms with Gasteiger partial charge in [-0.25, -0.2) is 4.98 Å². The number of rotatable bonds is 6. The van der Waals surface area contributed by atoms with Crippen LogP contribution in [0.15, 0.2) is 5.51 Å². The van der Waals surface area contributed by atoms with Gasteiger partial charge < -0.3 is 10.2 Å². The Hall–Kier alpha value is -0.450. The second kappa shape index (κ2) is 6.20. The molecular weight excluding hydrogens is 206 g/mol. The quantitative estimate of drug-likeness (QED) is 0.804. The fourth-order valence-corrected chi connectivity index (χ4v) is 2.15. The van der Waals surface area contributed by atoms with Crippen LogP contribution in [-0.4, -0.2) is 36.1 Å². The lowest BCUT2D eigenvalue weighted by molar-refractivity contribution is 0.309. The third-order valence-electron chi connectivity index (χ3n) is 2.58. The molecular formula is C11H21N3S. The number of thiazole rings is 1. The summed E-state index contributed by atoms with van der Waals surface area (Å²) in [7, 11) is 2.15. The van der Waals surface area contributed by atoms with Crippen LogP contribution in [0.25, 0.3) is 0 Å². The Labute approximate surface area is 96.5 Å². The molecule has 1 aromatic heterocycles. The molecule has 0 aliphatic carbocycles. The fourth-order valence-electron chi connectivity index (χ4n) is 1.42. The van der Waals surface area contributed by atoms with Crippen LogP contribution in [0.5, 0.6) is 0 Å². The third-order valence-corrected chi connectivity index (χ3v) is 3.52. The second-order valence-electron chi connectivity index (χ2n) is 4.00. The largest absolute Gasteiger partial charge is 0.308 e. The van der Waals surface area contributed by atoms with Crippen molar-refractivity contribution in [3.05, 3.63) is 16.1 Å². The van der Waals surface area contributed by atoms with Crippen molar-refractivity contribution < 1.29 is 0 Å². The Kier molecular flexibility index (Phi) is 5.22. The summed E-state index contributed by atoms with van der Waals surface area (Å²) in [5.41, 5.74) is 3.07. The maximum Gasteiger partial charge on any atom is 0.0798 e. The van der Waals surface area contributed by atoms with Crippen molar-refractivity contribution in [1.82, 2.24) is 15.2 Å². The Morgan fingerprint density at radius 1 is 1.60 bits per heavy atom. The third kappa shape index (κ3) is 4.28. The molecule has 0 bridgehead atoms. The summed E-state index contributed by atoms with van der Waals surface area (Å²) in [6.07, 6.45) is 0. The maximum atomic E-state index is 4.24. The van der Waals surface area contributed by atoms with Gasteiger partial charge in [-0.15, -0.1) is 11.3 Å². The normalized spacial score (nSPS) is 13.4. The summed E-state index contributed by atoms with van der Waals surface area (Å²) in [6, 6.07) is 0.524. The van der Waals surface area contributed by atoms with Gasteiger partial charge in [0.15, 0.2) is 0 Å². The lowest BCUT2D eigenvalue weighted by atomic mass is 10.3. The first-order valence-electron chi connectivity index (χ1n) is 5.44. The smallest absolute Gasteiger partial charge is 0.0798 e. The molecule has 0 saturated heterocycles. The van der Waals surface area contributed by atoms with E-state index in [1.165, 1.54) is 4.88 Å². The topological polar surface area (TPSA) is 28.2 Å². The molecule has 0 fully saturated rings. The molecule has 15 heavy (non-hydrogen) atoms. The predicted molar refractivity (Wildman–Crippen MR) is 66.3 cm³/mol. The highest BCUT2D eigenvalue weighted by Crippen LogP contribution is 2.11. The van der Waals surface area contributed by atoms with Crippen molar-refractivity contribution in [2.75, 3.05) is 20.1 Å². The molecule has 0 radical (unpaired) electrons. The van der Waals surface area contributed by atoms with E-state index >= 15 is 0 Å². The zero-order chi connectivity index (χ0) is 11.3. The van der Waals surface area contributed by atoms with Crippen LogP contribution in [0.1, 0.15) is 24.4 Å². The van der Waals surface area contributed by atoms with E-state index in [1.54, 1.807) is 11.3 Å². The van der Waals surface area contributed by atoms with Crippen LogP contribution < -0.4 is 5.32 Å². The van der Waals surface area contributed by atoms with Crippen LogP contribution in [0, 0.1) is 6.92 Å². The summed E-state index contributed by atoms with van der Waals surface area (Å²) < 4.78 is 0. The van der Waals surface area contributed by atoms with E-state index in [9.17, 15) is 0 Å². The van der Waals surface area contributed by atoms with Crippen molar-refractivity contribution in [1.29, 1.82) is 0 Å². The minimum atomic E-state index is 0.524. The molecule has 0 saturated carbocycles. The first-order chi connectivity index (χ1) is 7.13. The SMILES string of the molecule is CCN(C)CC(C)NCc1scnc1C. The number of nitrogens with zero attached hydrogens (tertiary/aromatic N) is 2. The lowest BCUT2D eigenvalue weighted by Crippen LogP contribution is -2.36. The van der Waals surface area contributed by atoms with E-state index in [1.807, 2.05) is 5.51 Å². The molecule has 0 aliphatic rings. The molecule has 86 valence electrons. The van der Waals surface area contributed by atoms with E-state index in [-0.39, 0.29) is 0 Å². The van der Waals surface area contributed by atoms with Gasteiger partial charge in [0, 0.05) is 24.0 Å². The molecule has 1 rings (SSSR count). The number of aromatic nitrogens is 1. The van der Waals surface area contributed by atoms with Gasteiger partial charge >= 0.3 is 0 Å². The monoisotopic (exact) mass is 227 g/mol. The van der Waals surface area contributed by atoms with Crippen LogP contribution in [0.4, 0.5) is 0 Å². The Morgan fingerprint density at radius 2 is 2.33 bits per heavy atom. The fraction of sp³-hybridized carbons (Fsp3) is 0.727. The average Bonchev–Trinajstić information content (AvgIpc) is 2.61. The van der Waals surface area contributed by atoms with Crippen LogP contribution in [0.3, 0.4) is 0 Å². The van der Waals surface area contributed by atoms with Crippen molar-refractivity contribution in [3.8, 4) is 0 Å². The molecule has 4 heteroatoms. The molecule has 1 aromatic rings. The maximum absolute atomic E-state index is 4.24. The first kappa shape index (κ1) is 12.6. The first-order valence-corrected chi connectivity index (χ1v) is 6.32. The van der Waals surface area contributed by atoms with E-state index in [0.717, 1.165) is 25.3 Å². The van der Waals surface area contributed by atoms with Gasteiger partial charge in [-0.05, 0) is 27.4 Å². The number of hydrogen-bond acceptors (Lipinski definition) is 4. The molecule has 1 unspecified atom stereocenters. The number of hydrogen-bond donors (Lipinski definition) is 1. The van der Waals surface area contributed by atoms with E-state index in [4.69, 9.17) is 0 Å². The van der Waals surface area contributed by atoms with Crippen molar-refractivity contribution in [3.63, 3.8) is 0 Å². The highest BCUT2D eigenvalue weighted by Gasteiger charge is 2.06. The summed E-state index contributed by atoms with van der Waals surface area (Å²) >= 11 is 1.73. The van der Waals surface area contributed by atoms with Crippen molar-refractivity contribution in [2.45, 2.75) is 33.4 Å². The van der Waals surface area contributed by atoms with Gasteiger partial charge in [0.25, 0.3) is 0 Å². The van der Waals surface area contributed by atoms with Gasteiger partial charge in [-0.1, -0.05) is 6.92 Å². The average molecular weight is 227 g/mol. The van der Waals surface area contributed by atoms with Crippen molar-refractivity contribution >= 4 is 11.3 Å². The Bertz CT molecular complexity index is 285. The standard InChI is InChI=1S/C11H21N3S/c1-5-14(4)7-9(2)12-6-11-10(3)13-8-15-11/h8-9,12H,5-7H2,1-4H3. The number of nitrogens with one attached hydrogen (secondary N) is 1. The molecule has 0 spiro atoms. The van der Waals surface area contributed by atoms with Gasteiger partial charge in [0.1, 0.15) is 0 Å². The lowest BCUT2D eigenvalue weighted by Gasteiger charge is -2.20. The van der Waals surface area contributed by atoms with Gasteiger partial charge in [-0.3, -0.25) is 0 Å². The summed E-state index contributed by atoms with van der Waals surface area (Å²) in [5, 5.41) is 3.52. The van der Waals surface area contributed by atoms with E-state index < -0.39 is 0 Å². The van der Waals surface area contributed by atoms with E-state index in [0.29, 0.717) is 6.04 Å². The Morgan fingerprint density at radius 3 is 2.87 bits per heavy atom. The molecule has 1 heterocycles. The van der Waals surface area contributed by atoms with Gasteiger partial charge in [0.05, 0.1) is 11.2 Å². The second-order valence-corrected chi connectivity index (χ2v) is 4.94. The highest BCUT2D eigenvalue weighted by atomic mass is 32.1. The van der Waals surface area contributed by atoms with Crippen molar-refractivity contribution in [2.24, 2.45) is 0 Å². The van der Waals surface area contributed by atoms with Gasteiger partial charge in [0.2, 0.25) is 0 Å². The highest BCUT2D eigenvalue weighted by molar-refractivity contribution is 7.09. The van der Waals surface area contributed by atoms with Crippen LogP contribution in [0.2, 0.25) is 0 Å². The van der Waals surface area contributed by atoms with Crippen LogP contribution >= 0.6 is 11.3 Å². The molecule has 1 atom stereocenters. The molecule has 0 aliphatic heterocycles. The summed E-state index contributed by atoms with van der Waals surface area (Å²) in [4.78, 5) is 7.90. The van der Waals surface area contributed by atoms with Gasteiger partial charge in [-0.2, -0.15) is 0 Å². The predicted octanol–water partition coefficient (Wildman–Crippen LogP) is 1.88. The molecule has 1 N–H and O–H groups in total.